The Morgan fingerprint density at radius 3 is 1.83 bits per heavy atom. The molecule has 0 atom stereocenters. The van der Waals surface area contributed by atoms with Gasteiger partial charge >= 0.3 is 0 Å². The van der Waals surface area contributed by atoms with Crippen molar-refractivity contribution in [2.45, 2.75) is 59.3 Å². The zero-order valence-electron chi connectivity index (χ0n) is 8.90. The molecule has 0 radical (unpaired) electrons. The molecule has 1 N–H and O–H groups in total. The highest BCUT2D eigenvalue weighted by atomic mass is 16.3. The Balaban J connectivity index is 0.000000561. The van der Waals surface area contributed by atoms with E-state index in [4.69, 9.17) is 5.11 Å². The molecule has 0 bridgehead atoms. The van der Waals surface area contributed by atoms with Crippen molar-refractivity contribution in [3.05, 3.63) is 0 Å². The lowest BCUT2D eigenvalue weighted by molar-refractivity contribution is 0.0784. The van der Waals surface area contributed by atoms with Crippen molar-refractivity contribution in [2.24, 2.45) is 5.41 Å². The molecule has 0 aromatic rings. The highest BCUT2D eigenvalue weighted by Crippen LogP contribution is 2.38. The monoisotopic (exact) mass is 172 g/mol. The second kappa shape index (κ2) is 6.47. The van der Waals surface area contributed by atoms with Gasteiger partial charge in [0.25, 0.3) is 0 Å². The first-order valence-electron chi connectivity index (χ1n) is 5.44. The van der Waals surface area contributed by atoms with Gasteiger partial charge in [-0.25, -0.2) is 0 Å². The van der Waals surface area contributed by atoms with E-state index in [2.05, 4.69) is 6.92 Å². The average Bonchev–Trinajstić information content (AvgIpc) is 2.22. The summed E-state index contributed by atoms with van der Waals surface area (Å²) in [5.74, 6) is 0. The molecule has 1 aliphatic rings. The summed E-state index contributed by atoms with van der Waals surface area (Å²) in [6, 6.07) is 0. The summed E-state index contributed by atoms with van der Waals surface area (Å²) in [4.78, 5) is 0. The zero-order valence-corrected chi connectivity index (χ0v) is 8.90. The molecule has 1 rings (SSSR count). The van der Waals surface area contributed by atoms with Crippen LogP contribution < -0.4 is 0 Å². The van der Waals surface area contributed by atoms with E-state index in [1.807, 2.05) is 13.8 Å². The molecule has 1 fully saturated rings. The molecule has 0 spiro atoms. The van der Waals surface area contributed by atoms with Crippen molar-refractivity contribution in [1.29, 1.82) is 0 Å². The lowest BCUT2D eigenvalue weighted by atomic mass is 9.73. The van der Waals surface area contributed by atoms with Gasteiger partial charge in [0.2, 0.25) is 0 Å². The summed E-state index contributed by atoms with van der Waals surface area (Å²) >= 11 is 0. The van der Waals surface area contributed by atoms with Crippen LogP contribution in [0.1, 0.15) is 59.3 Å². The molecule has 0 aromatic heterocycles. The molecule has 0 heterocycles. The van der Waals surface area contributed by atoms with Crippen LogP contribution in [0.5, 0.6) is 0 Å². The molecule has 1 aliphatic carbocycles. The van der Waals surface area contributed by atoms with E-state index in [1.165, 1.54) is 32.1 Å². The fourth-order valence-corrected chi connectivity index (χ4v) is 1.93. The second-order valence-electron chi connectivity index (χ2n) is 3.57. The molecule has 0 aliphatic heterocycles. The van der Waals surface area contributed by atoms with Crippen LogP contribution >= 0.6 is 0 Å². The fraction of sp³-hybridized carbons (Fsp3) is 1.00. The molecule has 1 saturated carbocycles. The Kier molecular flexibility index (Phi) is 6.45. The third-order valence-electron chi connectivity index (χ3n) is 3.00. The number of aliphatic hydroxyl groups is 1. The molecular weight excluding hydrogens is 148 g/mol. The molecule has 1 nitrogen and oxygen atoms in total. The van der Waals surface area contributed by atoms with Gasteiger partial charge in [-0.15, -0.1) is 0 Å². The molecule has 0 aromatic carbocycles. The van der Waals surface area contributed by atoms with Crippen LogP contribution in [0.15, 0.2) is 0 Å². The standard InChI is InChI=1S/C9H18O.C2H6/c1-2-9(8-10)6-4-3-5-7-9;1-2/h10H,2-8H2,1H3;1-2H3. The van der Waals surface area contributed by atoms with E-state index in [0.717, 1.165) is 6.42 Å². The van der Waals surface area contributed by atoms with Crippen molar-refractivity contribution >= 4 is 0 Å². The third-order valence-corrected chi connectivity index (χ3v) is 3.00. The Hall–Kier alpha value is -0.0400. The highest BCUT2D eigenvalue weighted by Gasteiger charge is 2.28. The molecule has 0 amide bonds. The predicted molar refractivity (Wildman–Crippen MR) is 54.2 cm³/mol. The molecule has 1 heteroatoms. The summed E-state index contributed by atoms with van der Waals surface area (Å²) in [5, 5.41) is 9.14. The first-order valence-corrected chi connectivity index (χ1v) is 5.44. The van der Waals surface area contributed by atoms with Gasteiger partial charge in [-0.2, -0.15) is 0 Å². The normalized spacial score (nSPS) is 21.0. The van der Waals surface area contributed by atoms with Crippen LogP contribution in [0.25, 0.3) is 0 Å². The first-order chi connectivity index (χ1) is 5.83. The van der Waals surface area contributed by atoms with Gasteiger partial charge in [-0.05, 0) is 24.7 Å². The van der Waals surface area contributed by atoms with Crippen molar-refractivity contribution in [3.8, 4) is 0 Å². The van der Waals surface area contributed by atoms with E-state index in [0.29, 0.717) is 12.0 Å². The van der Waals surface area contributed by atoms with Crippen LogP contribution in [0, 0.1) is 5.41 Å². The maximum absolute atomic E-state index is 9.14. The minimum absolute atomic E-state index is 0.318. The Morgan fingerprint density at radius 2 is 1.58 bits per heavy atom. The highest BCUT2D eigenvalue weighted by molar-refractivity contribution is 4.80. The van der Waals surface area contributed by atoms with E-state index in [1.54, 1.807) is 0 Å². The van der Waals surface area contributed by atoms with Gasteiger partial charge in [0, 0.05) is 6.61 Å². The van der Waals surface area contributed by atoms with Gasteiger partial charge < -0.3 is 5.11 Å². The van der Waals surface area contributed by atoms with Gasteiger partial charge in [0.05, 0.1) is 0 Å². The largest absolute Gasteiger partial charge is 0.396 e. The van der Waals surface area contributed by atoms with Gasteiger partial charge in [0.15, 0.2) is 0 Å². The molecule has 0 unspecified atom stereocenters. The van der Waals surface area contributed by atoms with Crippen molar-refractivity contribution in [3.63, 3.8) is 0 Å². The maximum atomic E-state index is 9.14. The van der Waals surface area contributed by atoms with Crippen LogP contribution in [-0.4, -0.2) is 11.7 Å². The van der Waals surface area contributed by atoms with E-state index < -0.39 is 0 Å². The number of rotatable bonds is 2. The predicted octanol–water partition coefficient (Wildman–Crippen LogP) is 3.37. The van der Waals surface area contributed by atoms with Crippen molar-refractivity contribution in [1.82, 2.24) is 0 Å². The summed E-state index contributed by atoms with van der Waals surface area (Å²) in [7, 11) is 0. The maximum Gasteiger partial charge on any atom is 0.0487 e. The lowest BCUT2D eigenvalue weighted by Gasteiger charge is -2.34. The minimum atomic E-state index is 0.318. The van der Waals surface area contributed by atoms with Crippen LogP contribution in [-0.2, 0) is 0 Å². The number of hydrogen-bond acceptors (Lipinski definition) is 1. The van der Waals surface area contributed by atoms with Crippen LogP contribution in [0.3, 0.4) is 0 Å². The number of aliphatic hydroxyl groups excluding tert-OH is 1. The third kappa shape index (κ3) is 3.14. The second-order valence-corrected chi connectivity index (χ2v) is 3.57. The molecule has 0 saturated heterocycles. The lowest BCUT2D eigenvalue weighted by Crippen LogP contribution is -2.27. The van der Waals surface area contributed by atoms with Crippen molar-refractivity contribution < 1.29 is 5.11 Å². The minimum Gasteiger partial charge on any atom is -0.396 e. The summed E-state index contributed by atoms with van der Waals surface area (Å²) < 4.78 is 0. The van der Waals surface area contributed by atoms with Crippen LogP contribution in [0.4, 0.5) is 0 Å². The smallest absolute Gasteiger partial charge is 0.0487 e. The van der Waals surface area contributed by atoms with Crippen molar-refractivity contribution in [2.75, 3.05) is 6.61 Å². The molecular formula is C11H24O. The molecule has 12 heavy (non-hydrogen) atoms. The van der Waals surface area contributed by atoms with Gasteiger partial charge in [-0.3, -0.25) is 0 Å². The molecule has 74 valence electrons. The van der Waals surface area contributed by atoms with E-state index in [9.17, 15) is 0 Å². The Bertz CT molecular complexity index is 87.2. The van der Waals surface area contributed by atoms with E-state index >= 15 is 0 Å². The summed E-state index contributed by atoms with van der Waals surface area (Å²) in [6.45, 7) is 6.60. The fourth-order valence-electron chi connectivity index (χ4n) is 1.93. The summed E-state index contributed by atoms with van der Waals surface area (Å²) in [5.41, 5.74) is 0.318. The SMILES string of the molecule is CC.CCC1(CO)CCCCC1. The Morgan fingerprint density at radius 1 is 1.08 bits per heavy atom. The van der Waals surface area contributed by atoms with Gasteiger partial charge in [-0.1, -0.05) is 40.0 Å². The summed E-state index contributed by atoms with van der Waals surface area (Å²) in [6.07, 6.45) is 7.69. The Labute approximate surface area is 77.2 Å². The van der Waals surface area contributed by atoms with E-state index in [-0.39, 0.29) is 0 Å². The topological polar surface area (TPSA) is 20.2 Å². The first kappa shape index (κ1) is 12.0. The quantitative estimate of drug-likeness (QED) is 0.677. The average molecular weight is 172 g/mol. The van der Waals surface area contributed by atoms with Crippen LogP contribution in [0.2, 0.25) is 0 Å². The zero-order chi connectivity index (χ0) is 9.45. The van der Waals surface area contributed by atoms with Gasteiger partial charge in [0.1, 0.15) is 0 Å². The number of hydrogen-bond donors (Lipinski definition) is 1.